The number of halogens is 3. The minimum Gasteiger partial charge on any atom is -0.475 e. The molecular weight excluding hydrogens is 587 g/mol. The molecule has 0 saturated carbocycles. The summed E-state index contributed by atoms with van der Waals surface area (Å²) in [5, 5.41) is 15.9. The van der Waals surface area contributed by atoms with Crippen molar-refractivity contribution in [2.24, 2.45) is 0 Å². The van der Waals surface area contributed by atoms with Crippen molar-refractivity contribution >= 4 is 17.9 Å². The highest BCUT2D eigenvalue weighted by Crippen LogP contribution is 2.25. The molecule has 3 aromatic carbocycles. The number of alkyl halides is 3. The molecule has 0 atom stereocenters. The Morgan fingerprint density at radius 1 is 0.844 bits per heavy atom. The van der Waals surface area contributed by atoms with Gasteiger partial charge in [-0.3, -0.25) is 9.69 Å². The summed E-state index contributed by atoms with van der Waals surface area (Å²) in [4.78, 5) is 38.4. The van der Waals surface area contributed by atoms with Crippen molar-refractivity contribution in [3.05, 3.63) is 95.1 Å². The average Bonchev–Trinajstić information content (AvgIpc) is 3.52. The van der Waals surface area contributed by atoms with Gasteiger partial charge >= 0.3 is 18.2 Å². The number of carboxylic acids is 1. The molecule has 0 spiro atoms. The summed E-state index contributed by atoms with van der Waals surface area (Å²) < 4.78 is 31.7. The lowest BCUT2D eigenvalue weighted by Crippen LogP contribution is -2.34. The van der Waals surface area contributed by atoms with Gasteiger partial charge < -0.3 is 26.0 Å². The third-order valence-electron chi connectivity index (χ3n) is 7.06. The van der Waals surface area contributed by atoms with E-state index < -0.39 is 12.1 Å². The maximum absolute atomic E-state index is 12.6. The number of rotatable bonds is 11. The molecule has 0 bridgehead atoms. The number of aliphatic carboxylic acids is 1. The van der Waals surface area contributed by atoms with Crippen molar-refractivity contribution in [3.63, 3.8) is 0 Å². The molecule has 1 saturated heterocycles. The maximum Gasteiger partial charge on any atom is 0.490 e. The predicted molar refractivity (Wildman–Crippen MR) is 166 cm³/mol. The molecule has 4 N–H and O–H groups in total. The second kappa shape index (κ2) is 17.2. The van der Waals surface area contributed by atoms with Crippen molar-refractivity contribution in [2.45, 2.75) is 38.7 Å². The number of nitrogens with one attached hydrogen (secondary N) is 3. The Bertz CT molecular complexity index is 1410. The zero-order chi connectivity index (χ0) is 32.8. The number of hydrogen-bond donors (Lipinski definition) is 4. The van der Waals surface area contributed by atoms with Crippen molar-refractivity contribution < 1.29 is 32.7 Å². The SMILES string of the molecule is CN(C)CCNC(=O)c1cccc(CNC(=O)NCc2ccccc2-c2ccc(CN3CCCC3)cc2)c1.O=C(O)C(F)(F)F. The first-order valence-corrected chi connectivity index (χ1v) is 14.7. The van der Waals surface area contributed by atoms with E-state index in [0.717, 1.165) is 35.3 Å². The quantitative estimate of drug-likeness (QED) is 0.241. The summed E-state index contributed by atoms with van der Waals surface area (Å²) in [6.07, 6.45) is -2.49. The second-order valence-electron chi connectivity index (χ2n) is 10.9. The van der Waals surface area contributed by atoms with Gasteiger partial charge in [-0.05, 0) is 80.0 Å². The monoisotopic (exact) mass is 627 g/mol. The van der Waals surface area contributed by atoms with Gasteiger partial charge in [-0.25, -0.2) is 9.59 Å². The molecule has 3 amide bonds. The van der Waals surface area contributed by atoms with E-state index in [4.69, 9.17) is 9.90 Å². The highest BCUT2D eigenvalue weighted by molar-refractivity contribution is 5.94. The lowest BCUT2D eigenvalue weighted by Gasteiger charge is -2.15. The van der Waals surface area contributed by atoms with Crippen LogP contribution in [0.3, 0.4) is 0 Å². The van der Waals surface area contributed by atoms with E-state index in [0.29, 0.717) is 25.2 Å². The van der Waals surface area contributed by atoms with Crippen LogP contribution in [0.4, 0.5) is 18.0 Å². The van der Waals surface area contributed by atoms with Gasteiger partial charge in [-0.2, -0.15) is 13.2 Å². The summed E-state index contributed by atoms with van der Waals surface area (Å²) in [6, 6.07) is 24.0. The highest BCUT2D eigenvalue weighted by atomic mass is 19.4. The van der Waals surface area contributed by atoms with E-state index >= 15 is 0 Å². The molecule has 4 rings (SSSR count). The van der Waals surface area contributed by atoms with Gasteiger partial charge in [0.05, 0.1) is 0 Å². The van der Waals surface area contributed by atoms with Gasteiger partial charge in [-0.15, -0.1) is 0 Å². The molecule has 1 heterocycles. The normalized spacial score (nSPS) is 13.1. The summed E-state index contributed by atoms with van der Waals surface area (Å²) in [5.41, 5.74) is 6.12. The van der Waals surface area contributed by atoms with Crippen molar-refractivity contribution in [1.82, 2.24) is 25.8 Å². The first-order chi connectivity index (χ1) is 21.4. The molecule has 3 aromatic rings. The largest absolute Gasteiger partial charge is 0.490 e. The molecule has 45 heavy (non-hydrogen) atoms. The molecule has 0 aliphatic carbocycles. The molecular formula is C33H40F3N5O4. The average molecular weight is 628 g/mol. The number of nitrogens with zero attached hydrogens (tertiary/aromatic N) is 2. The lowest BCUT2D eigenvalue weighted by atomic mass is 9.98. The van der Waals surface area contributed by atoms with Crippen LogP contribution in [0.2, 0.25) is 0 Å². The number of likely N-dealkylation sites (tertiary alicyclic amines) is 1. The van der Waals surface area contributed by atoms with E-state index in [9.17, 15) is 22.8 Å². The Hall–Kier alpha value is -4.42. The zero-order valence-electron chi connectivity index (χ0n) is 25.5. The number of likely N-dealkylation sites (N-methyl/N-ethyl adjacent to an activating group) is 1. The minimum absolute atomic E-state index is 0.112. The summed E-state index contributed by atoms with van der Waals surface area (Å²) in [5.74, 6) is -2.87. The first kappa shape index (κ1) is 35.1. The van der Waals surface area contributed by atoms with Crippen molar-refractivity contribution in [3.8, 4) is 11.1 Å². The second-order valence-corrected chi connectivity index (χ2v) is 10.9. The summed E-state index contributed by atoms with van der Waals surface area (Å²) >= 11 is 0. The zero-order valence-corrected chi connectivity index (χ0v) is 25.5. The van der Waals surface area contributed by atoms with Gasteiger partial charge in [0.25, 0.3) is 5.91 Å². The first-order valence-electron chi connectivity index (χ1n) is 14.7. The van der Waals surface area contributed by atoms with Crippen LogP contribution in [0, 0.1) is 0 Å². The molecule has 1 fully saturated rings. The third kappa shape index (κ3) is 12.2. The van der Waals surface area contributed by atoms with E-state index in [1.807, 2.05) is 55.4 Å². The number of amides is 3. The number of hydrogen-bond acceptors (Lipinski definition) is 5. The Labute approximate surface area is 261 Å². The van der Waals surface area contributed by atoms with Gasteiger partial charge in [0.2, 0.25) is 0 Å². The van der Waals surface area contributed by atoms with Crippen LogP contribution >= 0.6 is 0 Å². The Balaban J connectivity index is 0.000000707. The molecule has 0 radical (unpaired) electrons. The standard InChI is InChI=1S/C31H39N5O2.C2HF3O2/c1-35(2)19-16-32-30(37)27-10-7-8-25(20-27)21-33-31(38)34-22-28-9-3-4-11-29(28)26-14-12-24(13-15-26)23-36-17-5-6-18-36;3-2(4,5)1(6)7/h3-4,7-15,20H,5-6,16-19,21-23H2,1-2H3,(H,32,37)(H2,33,34,38);(H,6,7). The number of carbonyl (C=O) groups excluding carboxylic acids is 2. The number of carboxylic acid groups (broad SMARTS) is 1. The fourth-order valence-electron chi connectivity index (χ4n) is 4.68. The molecule has 12 heteroatoms. The summed E-state index contributed by atoms with van der Waals surface area (Å²) in [7, 11) is 3.94. The van der Waals surface area contributed by atoms with E-state index in [1.165, 1.54) is 31.5 Å². The van der Waals surface area contributed by atoms with Gasteiger partial charge in [-0.1, -0.05) is 60.7 Å². The number of urea groups is 1. The molecule has 0 aromatic heterocycles. The molecule has 242 valence electrons. The van der Waals surface area contributed by atoms with Crippen LogP contribution < -0.4 is 16.0 Å². The Kier molecular flexibility index (Phi) is 13.4. The van der Waals surface area contributed by atoms with Gasteiger partial charge in [0, 0.05) is 38.3 Å². The van der Waals surface area contributed by atoms with Crippen molar-refractivity contribution in [1.29, 1.82) is 0 Å². The number of benzene rings is 3. The van der Waals surface area contributed by atoms with Crippen LogP contribution in [-0.2, 0) is 24.4 Å². The maximum atomic E-state index is 12.6. The molecule has 1 aliphatic rings. The third-order valence-corrected chi connectivity index (χ3v) is 7.06. The molecule has 1 aliphatic heterocycles. The van der Waals surface area contributed by atoms with Gasteiger partial charge in [0.15, 0.2) is 0 Å². The lowest BCUT2D eigenvalue weighted by molar-refractivity contribution is -0.192. The Morgan fingerprint density at radius 2 is 1.49 bits per heavy atom. The van der Waals surface area contributed by atoms with Crippen LogP contribution in [0.15, 0.2) is 72.8 Å². The van der Waals surface area contributed by atoms with Crippen LogP contribution in [0.25, 0.3) is 11.1 Å². The summed E-state index contributed by atoms with van der Waals surface area (Å²) in [6.45, 7) is 5.51. The van der Waals surface area contributed by atoms with Crippen LogP contribution in [-0.4, -0.2) is 79.3 Å². The smallest absolute Gasteiger partial charge is 0.475 e. The van der Waals surface area contributed by atoms with Crippen molar-refractivity contribution in [2.75, 3.05) is 40.3 Å². The molecule has 9 nitrogen and oxygen atoms in total. The van der Waals surface area contributed by atoms with Gasteiger partial charge in [0.1, 0.15) is 0 Å². The van der Waals surface area contributed by atoms with Crippen LogP contribution in [0.5, 0.6) is 0 Å². The van der Waals surface area contributed by atoms with E-state index in [1.54, 1.807) is 6.07 Å². The van der Waals surface area contributed by atoms with E-state index in [-0.39, 0.29) is 11.9 Å². The highest BCUT2D eigenvalue weighted by Gasteiger charge is 2.38. The number of carbonyl (C=O) groups is 3. The minimum atomic E-state index is -5.08. The topological polar surface area (TPSA) is 114 Å². The van der Waals surface area contributed by atoms with Crippen LogP contribution in [0.1, 0.15) is 39.9 Å². The fraction of sp³-hybridized carbons (Fsp3) is 0.364. The Morgan fingerprint density at radius 3 is 2.13 bits per heavy atom. The van der Waals surface area contributed by atoms with E-state index in [2.05, 4.69) is 51.2 Å². The fourth-order valence-corrected chi connectivity index (χ4v) is 4.68. The molecule has 0 unspecified atom stereocenters. The predicted octanol–water partition coefficient (Wildman–Crippen LogP) is 4.87.